The number of halogens is 2. The van der Waals surface area contributed by atoms with E-state index in [1.54, 1.807) is 12.1 Å². The number of nitrogens with zero attached hydrogens (tertiary/aromatic N) is 1. The zero-order valence-electron chi connectivity index (χ0n) is 9.70. The molecule has 2 rings (SSSR count). The van der Waals surface area contributed by atoms with Crippen LogP contribution in [0.1, 0.15) is 5.56 Å². The van der Waals surface area contributed by atoms with Crippen molar-refractivity contribution in [2.24, 2.45) is 0 Å². The zero-order valence-corrected chi connectivity index (χ0v) is 11.3. The quantitative estimate of drug-likeness (QED) is 0.886. The number of benzene rings is 1. The summed E-state index contributed by atoms with van der Waals surface area (Å²) >= 11 is 3.20. The van der Waals surface area contributed by atoms with Gasteiger partial charge in [0.1, 0.15) is 11.9 Å². The summed E-state index contributed by atoms with van der Waals surface area (Å²) in [6.45, 7) is 2.23. The van der Waals surface area contributed by atoms with Gasteiger partial charge in [-0.25, -0.2) is 4.39 Å². The fraction of sp³-hybridized carbons (Fsp3) is 0.417. The Bertz CT molecular complexity index is 456. The monoisotopic (exact) mass is 316 g/mol. The molecular weight excluding hydrogens is 303 g/mol. The Labute approximate surface area is 113 Å². The van der Waals surface area contributed by atoms with Gasteiger partial charge in [0.2, 0.25) is 0 Å². The van der Waals surface area contributed by atoms with Gasteiger partial charge in [0.25, 0.3) is 0 Å². The molecule has 4 nitrogen and oxygen atoms in total. The third kappa shape index (κ3) is 2.88. The van der Waals surface area contributed by atoms with E-state index in [0.29, 0.717) is 24.1 Å². The first-order chi connectivity index (χ1) is 8.59. The van der Waals surface area contributed by atoms with Crippen molar-refractivity contribution < 1.29 is 14.3 Å². The van der Waals surface area contributed by atoms with Gasteiger partial charge in [0.05, 0.1) is 4.47 Å². The Balaban J connectivity index is 2.16. The molecule has 0 radical (unpaired) electrons. The molecule has 1 aromatic carbocycles. The fourth-order valence-corrected chi connectivity index (χ4v) is 2.46. The minimum Gasteiger partial charge on any atom is -0.480 e. The van der Waals surface area contributed by atoms with Crippen molar-refractivity contribution >= 4 is 21.9 Å². The van der Waals surface area contributed by atoms with Crippen LogP contribution < -0.4 is 5.32 Å². The lowest BCUT2D eigenvalue weighted by molar-refractivity contribution is -0.144. The molecule has 0 bridgehead atoms. The summed E-state index contributed by atoms with van der Waals surface area (Å²) in [7, 11) is 0. The van der Waals surface area contributed by atoms with Crippen LogP contribution in [0.3, 0.4) is 0 Å². The summed E-state index contributed by atoms with van der Waals surface area (Å²) < 4.78 is 13.8. The maximum Gasteiger partial charge on any atom is 0.322 e. The van der Waals surface area contributed by atoms with Crippen LogP contribution in [0.15, 0.2) is 22.7 Å². The lowest BCUT2D eigenvalue weighted by atomic mass is 10.1. The normalized spacial score (nSPS) is 20.9. The van der Waals surface area contributed by atoms with Crippen molar-refractivity contribution in [3.63, 3.8) is 0 Å². The molecule has 0 aliphatic carbocycles. The van der Waals surface area contributed by atoms with E-state index >= 15 is 0 Å². The van der Waals surface area contributed by atoms with Gasteiger partial charge in [0, 0.05) is 26.2 Å². The predicted molar refractivity (Wildman–Crippen MR) is 68.8 cm³/mol. The number of carbonyl (C=O) groups is 1. The molecule has 6 heteroatoms. The minimum atomic E-state index is -0.852. The number of hydrogen-bond acceptors (Lipinski definition) is 3. The van der Waals surface area contributed by atoms with Crippen molar-refractivity contribution in [1.82, 2.24) is 10.2 Å². The van der Waals surface area contributed by atoms with E-state index in [9.17, 15) is 9.18 Å². The first-order valence-corrected chi connectivity index (χ1v) is 6.49. The molecular formula is C12H14BrFN2O2. The highest BCUT2D eigenvalue weighted by atomic mass is 79.9. The molecule has 1 aliphatic heterocycles. The summed E-state index contributed by atoms with van der Waals surface area (Å²) in [6.07, 6.45) is 0. The highest BCUT2D eigenvalue weighted by Crippen LogP contribution is 2.22. The Morgan fingerprint density at radius 1 is 1.61 bits per heavy atom. The Morgan fingerprint density at radius 2 is 2.39 bits per heavy atom. The first-order valence-electron chi connectivity index (χ1n) is 5.70. The maximum atomic E-state index is 13.4. The lowest BCUT2D eigenvalue weighted by Gasteiger charge is -2.33. The maximum absolute atomic E-state index is 13.4. The molecule has 1 aliphatic rings. The fourth-order valence-electron chi connectivity index (χ4n) is 2.07. The first kappa shape index (κ1) is 13.5. The average molecular weight is 317 g/mol. The van der Waals surface area contributed by atoms with Crippen molar-refractivity contribution in [2.45, 2.75) is 12.6 Å². The van der Waals surface area contributed by atoms with Crippen LogP contribution in [0.25, 0.3) is 0 Å². The average Bonchev–Trinajstić information content (AvgIpc) is 2.35. The number of rotatable bonds is 3. The number of carboxylic acid groups (broad SMARTS) is 1. The van der Waals surface area contributed by atoms with Gasteiger partial charge in [-0.15, -0.1) is 0 Å². The van der Waals surface area contributed by atoms with Crippen molar-refractivity contribution in [1.29, 1.82) is 0 Å². The van der Waals surface area contributed by atoms with E-state index in [4.69, 9.17) is 5.11 Å². The third-order valence-corrected chi connectivity index (χ3v) is 3.93. The molecule has 0 aromatic heterocycles. The van der Waals surface area contributed by atoms with Crippen LogP contribution in [0.5, 0.6) is 0 Å². The second-order valence-corrected chi connectivity index (χ2v) is 5.03. The van der Waals surface area contributed by atoms with Gasteiger partial charge in [-0.1, -0.05) is 12.1 Å². The molecule has 0 spiro atoms. The van der Waals surface area contributed by atoms with Crippen molar-refractivity contribution in [2.75, 3.05) is 19.6 Å². The van der Waals surface area contributed by atoms with E-state index in [2.05, 4.69) is 21.2 Å². The Morgan fingerprint density at radius 3 is 3.11 bits per heavy atom. The number of nitrogens with one attached hydrogen (secondary N) is 1. The van der Waals surface area contributed by atoms with Gasteiger partial charge < -0.3 is 10.4 Å². The van der Waals surface area contributed by atoms with Gasteiger partial charge >= 0.3 is 5.97 Å². The number of carboxylic acids is 1. The summed E-state index contributed by atoms with van der Waals surface area (Å²) in [4.78, 5) is 13.0. The van der Waals surface area contributed by atoms with E-state index in [1.165, 1.54) is 6.07 Å². The summed E-state index contributed by atoms with van der Waals surface area (Å²) in [5.41, 5.74) is 0.767. The molecule has 98 valence electrons. The Kier molecular flexibility index (Phi) is 4.31. The van der Waals surface area contributed by atoms with Gasteiger partial charge in [0.15, 0.2) is 0 Å². The molecule has 0 amide bonds. The molecule has 1 unspecified atom stereocenters. The van der Waals surface area contributed by atoms with Crippen LogP contribution in [0.4, 0.5) is 4.39 Å². The topological polar surface area (TPSA) is 52.6 Å². The Hall–Kier alpha value is -0.980. The summed E-state index contributed by atoms with van der Waals surface area (Å²) in [6, 6.07) is 4.25. The molecule has 1 saturated heterocycles. The molecule has 1 aromatic rings. The zero-order chi connectivity index (χ0) is 13.1. The molecule has 1 fully saturated rings. The van der Waals surface area contributed by atoms with E-state index in [-0.39, 0.29) is 5.82 Å². The number of hydrogen-bond donors (Lipinski definition) is 2. The van der Waals surface area contributed by atoms with Crippen LogP contribution in [0, 0.1) is 5.82 Å². The predicted octanol–water partition coefficient (Wildman–Crippen LogP) is 1.45. The van der Waals surface area contributed by atoms with E-state index in [0.717, 1.165) is 12.1 Å². The van der Waals surface area contributed by atoms with Crippen molar-refractivity contribution in [3.8, 4) is 0 Å². The van der Waals surface area contributed by atoms with Gasteiger partial charge in [-0.05, 0) is 27.6 Å². The molecule has 1 heterocycles. The lowest BCUT2D eigenvalue weighted by Crippen LogP contribution is -2.54. The highest BCUT2D eigenvalue weighted by Gasteiger charge is 2.28. The number of aliphatic carboxylic acids is 1. The minimum absolute atomic E-state index is 0.325. The number of piperazine rings is 1. The standard InChI is InChI=1S/C12H14BrFN2O2/c13-11-8(2-1-3-9(11)14)7-16-5-4-15-6-10(16)12(17)18/h1-3,10,15H,4-7H2,(H,17,18). The van der Waals surface area contributed by atoms with Crippen LogP contribution in [0.2, 0.25) is 0 Å². The molecule has 1 atom stereocenters. The smallest absolute Gasteiger partial charge is 0.322 e. The van der Waals surface area contributed by atoms with Gasteiger partial charge in [-0.2, -0.15) is 0 Å². The second-order valence-electron chi connectivity index (χ2n) is 4.24. The van der Waals surface area contributed by atoms with Crippen LogP contribution in [-0.4, -0.2) is 41.7 Å². The molecule has 2 N–H and O–H groups in total. The van der Waals surface area contributed by atoms with Crippen molar-refractivity contribution in [3.05, 3.63) is 34.1 Å². The summed E-state index contributed by atoms with van der Waals surface area (Å²) in [5.74, 6) is -1.18. The molecule has 18 heavy (non-hydrogen) atoms. The SMILES string of the molecule is O=C(O)C1CNCCN1Cc1cccc(F)c1Br. The second kappa shape index (κ2) is 5.77. The van der Waals surface area contributed by atoms with Crippen LogP contribution >= 0.6 is 15.9 Å². The highest BCUT2D eigenvalue weighted by molar-refractivity contribution is 9.10. The van der Waals surface area contributed by atoms with Crippen LogP contribution in [-0.2, 0) is 11.3 Å². The van der Waals surface area contributed by atoms with E-state index in [1.807, 2.05) is 4.90 Å². The van der Waals surface area contributed by atoms with Gasteiger partial charge in [-0.3, -0.25) is 9.69 Å². The largest absolute Gasteiger partial charge is 0.480 e. The van der Waals surface area contributed by atoms with E-state index < -0.39 is 12.0 Å². The summed E-state index contributed by atoms with van der Waals surface area (Å²) in [5, 5.41) is 12.2. The molecule has 0 saturated carbocycles. The third-order valence-electron chi connectivity index (χ3n) is 3.04.